The van der Waals surface area contributed by atoms with Gasteiger partial charge in [0.2, 0.25) is 10.0 Å². The third-order valence-corrected chi connectivity index (χ3v) is 7.91. The normalized spacial score (nSPS) is 15.2. The maximum atomic E-state index is 13.0. The van der Waals surface area contributed by atoms with Crippen molar-refractivity contribution in [1.29, 1.82) is 0 Å². The van der Waals surface area contributed by atoms with E-state index in [1.165, 1.54) is 17.2 Å². The minimum Gasteiger partial charge on any atom is -0.378 e. The Hall–Kier alpha value is -2.38. The van der Waals surface area contributed by atoms with Crippen molar-refractivity contribution in [2.45, 2.75) is 23.9 Å². The SMILES string of the molecule is CN(C)c1ccc([C@@H](CNS(=O)(=O)c2ccccc2Cl)N2CCc3ccccc3C2)cc1. The highest BCUT2D eigenvalue weighted by atomic mass is 35.5. The summed E-state index contributed by atoms with van der Waals surface area (Å²) >= 11 is 6.16. The van der Waals surface area contributed by atoms with Gasteiger partial charge in [0.25, 0.3) is 0 Å². The van der Waals surface area contributed by atoms with E-state index >= 15 is 0 Å². The van der Waals surface area contributed by atoms with Crippen LogP contribution in [0.1, 0.15) is 22.7 Å². The second kappa shape index (κ2) is 9.63. The molecule has 4 rings (SSSR count). The first-order chi connectivity index (χ1) is 15.3. The van der Waals surface area contributed by atoms with Crippen molar-refractivity contribution in [2.75, 3.05) is 32.1 Å². The van der Waals surface area contributed by atoms with Crippen molar-refractivity contribution < 1.29 is 8.42 Å². The number of hydrogen-bond acceptors (Lipinski definition) is 4. The summed E-state index contributed by atoms with van der Waals surface area (Å²) in [5.41, 5.74) is 4.84. The van der Waals surface area contributed by atoms with Crippen molar-refractivity contribution in [3.8, 4) is 0 Å². The van der Waals surface area contributed by atoms with Gasteiger partial charge in [-0.25, -0.2) is 13.1 Å². The van der Waals surface area contributed by atoms with Gasteiger partial charge < -0.3 is 4.90 Å². The molecule has 0 saturated carbocycles. The van der Waals surface area contributed by atoms with Gasteiger partial charge in [0.1, 0.15) is 4.90 Å². The summed E-state index contributed by atoms with van der Waals surface area (Å²) in [5, 5.41) is 0.221. The molecule has 5 nitrogen and oxygen atoms in total. The zero-order valence-corrected chi connectivity index (χ0v) is 19.9. The lowest BCUT2D eigenvalue weighted by molar-refractivity contribution is 0.180. The lowest BCUT2D eigenvalue weighted by Gasteiger charge is -2.36. The second-order valence-corrected chi connectivity index (χ2v) is 10.4. The molecule has 1 aliphatic heterocycles. The number of nitrogens with zero attached hydrogens (tertiary/aromatic N) is 2. The first-order valence-corrected chi connectivity index (χ1v) is 12.5. The summed E-state index contributed by atoms with van der Waals surface area (Å²) in [4.78, 5) is 4.50. The second-order valence-electron chi connectivity index (χ2n) is 8.27. The highest BCUT2D eigenvalue weighted by molar-refractivity contribution is 7.89. The number of benzene rings is 3. The molecule has 3 aromatic rings. The summed E-state index contributed by atoms with van der Waals surface area (Å²) in [6, 6.07) is 23.2. The minimum absolute atomic E-state index is 0.100. The largest absolute Gasteiger partial charge is 0.378 e. The van der Waals surface area contributed by atoms with Gasteiger partial charge in [0.15, 0.2) is 0 Å². The van der Waals surface area contributed by atoms with Crippen LogP contribution in [0.5, 0.6) is 0 Å². The number of hydrogen-bond donors (Lipinski definition) is 1. The molecule has 0 radical (unpaired) electrons. The molecule has 1 aliphatic rings. The van der Waals surface area contributed by atoms with Crippen LogP contribution in [0.3, 0.4) is 0 Å². The molecule has 1 heterocycles. The summed E-state index contributed by atoms with van der Waals surface area (Å²) in [6.07, 6.45) is 0.944. The monoisotopic (exact) mass is 469 g/mol. The van der Waals surface area contributed by atoms with Crippen LogP contribution in [0, 0.1) is 0 Å². The standard InChI is InChI=1S/C25H28ClN3O2S/c1-28(2)22-13-11-20(12-14-22)24(29-16-15-19-7-3-4-8-21(19)18-29)17-27-32(30,31)25-10-6-5-9-23(25)26/h3-14,24,27H,15-18H2,1-2H3/t24-/m1/s1. The Morgan fingerprint density at radius 3 is 2.31 bits per heavy atom. The molecular weight excluding hydrogens is 442 g/mol. The Kier molecular flexibility index (Phi) is 6.86. The van der Waals surface area contributed by atoms with E-state index in [-0.39, 0.29) is 22.5 Å². The first kappa shape index (κ1) is 22.8. The van der Waals surface area contributed by atoms with Crippen molar-refractivity contribution >= 4 is 27.3 Å². The van der Waals surface area contributed by atoms with E-state index in [4.69, 9.17) is 11.6 Å². The molecule has 0 unspecified atom stereocenters. The van der Waals surface area contributed by atoms with Gasteiger partial charge in [-0.15, -0.1) is 0 Å². The predicted octanol–water partition coefficient (Wildman–Crippen LogP) is 4.48. The number of fused-ring (bicyclic) bond motifs is 1. The number of sulfonamides is 1. The molecule has 0 fully saturated rings. The van der Waals surface area contributed by atoms with Gasteiger partial charge >= 0.3 is 0 Å². The van der Waals surface area contributed by atoms with Gasteiger partial charge in [0, 0.05) is 45.5 Å². The molecule has 168 valence electrons. The molecule has 0 aliphatic carbocycles. The van der Waals surface area contributed by atoms with E-state index < -0.39 is 10.0 Å². The topological polar surface area (TPSA) is 52.7 Å². The fraction of sp³-hybridized carbons (Fsp3) is 0.280. The summed E-state index contributed by atoms with van der Waals surface area (Å²) in [5.74, 6) is 0. The van der Waals surface area contributed by atoms with E-state index in [0.717, 1.165) is 30.8 Å². The molecule has 0 spiro atoms. The number of halogens is 1. The Balaban J connectivity index is 1.61. The van der Waals surface area contributed by atoms with Gasteiger partial charge in [-0.05, 0) is 47.4 Å². The van der Waals surface area contributed by atoms with Crippen LogP contribution in [0.15, 0.2) is 77.7 Å². The molecule has 0 aromatic heterocycles. The van der Waals surface area contributed by atoms with Crippen molar-refractivity contribution in [3.05, 3.63) is 94.5 Å². The van der Waals surface area contributed by atoms with Crippen LogP contribution >= 0.6 is 11.6 Å². The average molecular weight is 470 g/mol. The number of rotatable bonds is 7. The number of nitrogens with one attached hydrogen (secondary N) is 1. The average Bonchev–Trinajstić information content (AvgIpc) is 2.79. The zero-order valence-electron chi connectivity index (χ0n) is 18.3. The molecular formula is C25H28ClN3O2S. The van der Waals surface area contributed by atoms with Crippen LogP contribution in [0.4, 0.5) is 5.69 Å². The Morgan fingerprint density at radius 1 is 0.969 bits per heavy atom. The van der Waals surface area contributed by atoms with Crippen molar-refractivity contribution in [2.24, 2.45) is 0 Å². The molecule has 0 amide bonds. The van der Waals surface area contributed by atoms with E-state index in [9.17, 15) is 8.42 Å². The van der Waals surface area contributed by atoms with Gasteiger partial charge in [0.05, 0.1) is 5.02 Å². The molecule has 3 aromatic carbocycles. The fourth-order valence-electron chi connectivity index (χ4n) is 4.17. The molecule has 0 bridgehead atoms. The van der Waals surface area contributed by atoms with Crippen LogP contribution in [-0.4, -0.2) is 40.5 Å². The maximum Gasteiger partial charge on any atom is 0.242 e. The van der Waals surface area contributed by atoms with E-state index in [2.05, 4.69) is 63.1 Å². The van der Waals surface area contributed by atoms with E-state index in [1.54, 1.807) is 18.2 Å². The Morgan fingerprint density at radius 2 is 1.62 bits per heavy atom. The van der Waals surface area contributed by atoms with Gasteiger partial charge in [-0.2, -0.15) is 0 Å². The molecule has 1 atom stereocenters. The Labute approximate surface area is 195 Å². The fourth-order valence-corrected chi connectivity index (χ4v) is 5.72. The molecule has 7 heteroatoms. The third kappa shape index (κ3) is 4.99. The van der Waals surface area contributed by atoms with Crippen LogP contribution < -0.4 is 9.62 Å². The van der Waals surface area contributed by atoms with E-state index in [0.29, 0.717) is 0 Å². The summed E-state index contributed by atoms with van der Waals surface area (Å²) < 4.78 is 28.8. The predicted molar refractivity (Wildman–Crippen MR) is 131 cm³/mol. The van der Waals surface area contributed by atoms with E-state index in [1.807, 2.05) is 14.1 Å². The molecule has 0 saturated heterocycles. The van der Waals surface area contributed by atoms with Gasteiger partial charge in [-0.1, -0.05) is 60.1 Å². The smallest absolute Gasteiger partial charge is 0.242 e. The van der Waals surface area contributed by atoms with Crippen LogP contribution in [0.2, 0.25) is 5.02 Å². The Bertz CT molecular complexity index is 1180. The first-order valence-electron chi connectivity index (χ1n) is 10.7. The van der Waals surface area contributed by atoms with Crippen molar-refractivity contribution in [3.63, 3.8) is 0 Å². The minimum atomic E-state index is -3.73. The van der Waals surface area contributed by atoms with Crippen molar-refractivity contribution in [1.82, 2.24) is 9.62 Å². The van der Waals surface area contributed by atoms with Crippen LogP contribution in [-0.2, 0) is 23.0 Å². The lowest BCUT2D eigenvalue weighted by atomic mass is 9.96. The van der Waals surface area contributed by atoms with Gasteiger partial charge in [-0.3, -0.25) is 4.90 Å². The molecule has 1 N–H and O–H groups in total. The lowest BCUT2D eigenvalue weighted by Crippen LogP contribution is -2.40. The quantitative estimate of drug-likeness (QED) is 0.554. The third-order valence-electron chi connectivity index (χ3n) is 5.99. The maximum absolute atomic E-state index is 13.0. The van der Waals surface area contributed by atoms with Crippen LogP contribution in [0.25, 0.3) is 0 Å². The molecule has 32 heavy (non-hydrogen) atoms. The summed E-state index contributed by atoms with van der Waals surface area (Å²) in [7, 11) is 0.280. The number of anilines is 1. The zero-order chi connectivity index (χ0) is 22.7. The summed E-state index contributed by atoms with van der Waals surface area (Å²) in [6.45, 7) is 1.91. The highest BCUT2D eigenvalue weighted by Crippen LogP contribution is 2.29. The highest BCUT2D eigenvalue weighted by Gasteiger charge is 2.27.